The van der Waals surface area contributed by atoms with Crippen molar-refractivity contribution in [2.45, 2.75) is 6.54 Å². The minimum atomic E-state index is -0.786. The molecule has 5 N–H and O–H groups in total. The number of nitrogens with one attached hydrogen (secondary N) is 1. The van der Waals surface area contributed by atoms with Gasteiger partial charge in [-0.15, -0.1) is 11.3 Å². The second kappa shape index (κ2) is 8.85. The van der Waals surface area contributed by atoms with Crippen LogP contribution in [0, 0.1) is 0 Å². The number of hydrogen-bond donors (Lipinski definition) is 3. The molecule has 0 spiro atoms. The number of hydrogen-bond acceptors (Lipinski definition) is 6. The zero-order chi connectivity index (χ0) is 23.7. The van der Waals surface area contributed by atoms with Crippen molar-refractivity contribution in [3.8, 4) is 11.1 Å². The van der Waals surface area contributed by atoms with Crippen LogP contribution in [0.2, 0.25) is 5.02 Å². The molecule has 166 valence electrons. The second-order valence-corrected chi connectivity index (χ2v) is 8.38. The molecule has 0 radical (unpaired) electrons. The average Bonchev–Trinajstić information content (AvgIpc) is 3.21. The van der Waals surface area contributed by atoms with Crippen molar-refractivity contribution >= 4 is 56.6 Å². The molecule has 4 rings (SSSR count). The molecule has 2 aromatic heterocycles. The molecule has 2 aromatic carbocycles. The summed E-state index contributed by atoms with van der Waals surface area (Å²) in [6.07, 6.45) is 1.29. The Labute approximate surface area is 195 Å². The van der Waals surface area contributed by atoms with E-state index in [9.17, 15) is 19.2 Å². The number of amides is 3. The quantitative estimate of drug-likeness (QED) is 0.386. The molecule has 11 heteroatoms. The second-order valence-electron chi connectivity index (χ2n) is 7.09. The topological polar surface area (TPSA) is 150 Å². The van der Waals surface area contributed by atoms with Gasteiger partial charge in [0.15, 0.2) is 0 Å². The molecule has 0 bridgehead atoms. The van der Waals surface area contributed by atoms with Gasteiger partial charge in [-0.3, -0.25) is 23.7 Å². The lowest BCUT2D eigenvalue weighted by Gasteiger charge is -2.10. The van der Waals surface area contributed by atoms with Crippen LogP contribution in [0.1, 0.15) is 20.7 Å². The van der Waals surface area contributed by atoms with Crippen LogP contribution in [0.15, 0.2) is 59.0 Å². The van der Waals surface area contributed by atoms with E-state index in [0.717, 1.165) is 5.56 Å². The summed E-state index contributed by atoms with van der Waals surface area (Å²) in [6.45, 7) is -0.343. The predicted molar refractivity (Wildman–Crippen MR) is 126 cm³/mol. The molecule has 0 aliphatic heterocycles. The van der Waals surface area contributed by atoms with Crippen molar-refractivity contribution in [2.75, 3.05) is 5.32 Å². The van der Waals surface area contributed by atoms with Gasteiger partial charge in [0.25, 0.3) is 5.56 Å². The average molecular weight is 482 g/mol. The predicted octanol–water partition coefficient (Wildman–Crippen LogP) is 2.61. The van der Waals surface area contributed by atoms with Crippen LogP contribution in [0.25, 0.3) is 21.3 Å². The highest BCUT2D eigenvalue weighted by Crippen LogP contribution is 2.31. The molecule has 3 amide bonds. The maximum atomic E-state index is 13.1. The van der Waals surface area contributed by atoms with Crippen LogP contribution in [0.5, 0.6) is 0 Å². The summed E-state index contributed by atoms with van der Waals surface area (Å²) < 4.78 is 1.18. The zero-order valence-corrected chi connectivity index (χ0v) is 18.4. The molecule has 4 aromatic rings. The number of carbonyl (C=O) groups excluding carboxylic acids is 3. The molecule has 0 unspecified atom stereocenters. The number of carbonyl (C=O) groups is 3. The molecule has 33 heavy (non-hydrogen) atoms. The fourth-order valence-corrected chi connectivity index (χ4v) is 4.29. The first kappa shape index (κ1) is 22.2. The van der Waals surface area contributed by atoms with Gasteiger partial charge < -0.3 is 16.8 Å². The van der Waals surface area contributed by atoms with E-state index in [4.69, 9.17) is 23.1 Å². The van der Waals surface area contributed by atoms with E-state index < -0.39 is 17.7 Å². The Morgan fingerprint density at radius 2 is 1.67 bits per heavy atom. The Morgan fingerprint density at radius 1 is 1.03 bits per heavy atom. The summed E-state index contributed by atoms with van der Waals surface area (Å²) in [5.74, 6) is -2.14. The summed E-state index contributed by atoms with van der Waals surface area (Å²) in [4.78, 5) is 53.6. The zero-order valence-electron chi connectivity index (χ0n) is 16.9. The van der Waals surface area contributed by atoms with Gasteiger partial charge in [0, 0.05) is 32.8 Å². The SMILES string of the molecule is NC(=O)c1cc(NC(=O)Cn2cnc3scc(-c4ccc(Cl)cc4)c3c2=O)cc(C(N)=O)c1. The van der Waals surface area contributed by atoms with Crippen molar-refractivity contribution in [3.05, 3.63) is 80.7 Å². The number of thiophene rings is 1. The van der Waals surface area contributed by atoms with Crippen LogP contribution in [0.3, 0.4) is 0 Å². The smallest absolute Gasteiger partial charge is 0.263 e. The van der Waals surface area contributed by atoms with E-state index in [1.165, 1.54) is 40.4 Å². The number of anilines is 1. The summed E-state index contributed by atoms with van der Waals surface area (Å²) in [7, 11) is 0. The molecule has 0 atom stereocenters. The molecule has 0 aliphatic rings. The highest BCUT2D eigenvalue weighted by molar-refractivity contribution is 7.17. The monoisotopic (exact) mass is 481 g/mol. The highest BCUT2D eigenvalue weighted by atomic mass is 35.5. The summed E-state index contributed by atoms with van der Waals surface area (Å²) in [5.41, 5.74) is 11.8. The Morgan fingerprint density at radius 3 is 2.27 bits per heavy atom. The van der Waals surface area contributed by atoms with E-state index in [-0.39, 0.29) is 28.9 Å². The highest BCUT2D eigenvalue weighted by Gasteiger charge is 2.16. The molecular weight excluding hydrogens is 466 g/mol. The number of nitrogens with zero attached hydrogens (tertiary/aromatic N) is 2. The number of rotatable bonds is 6. The van der Waals surface area contributed by atoms with Gasteiger partial charge in [-0.25, -0.2) is 4.98 Å². The van der Waals surface area contributed by atoms with Crippen molar-refractivity contribution in [3.63, 3.8) is 0 Å². The third-order valence-corrected chi connectivity index (χ3v) is 5.95. The molecule has 2 heterocycles. The molecule has 0 saturated carbocycles. The number of nitrogens with two attached hydrogens (primary N) is 2. The van der Waals surface area contributed by atoms with Crippen LogP contribution >= 0.6 is 22.9 Å². The Hall–Kier alpha value is -4.02. The van der Waals surface area contributed by atoms with E-state index in [0.29, 0.717) is 20.8 Å². The van der Waals surface area contributed by atoms with Crippen molar-refractivity contribution in [1.29, 1.82) is 0 Å². The third-order valence-electron chi connectivity index (χ3n) is 4.82. The largest absolute Gasteiger partial charge is 0.366 e. The summed E-state index contributed by atoms with van der Waals surface area (Å²) in [6, 6.07) is 10.9. The number of halogens is 1. The molecule has 0 aliphatic carbocycles. The van der Waals surface area contributed by atoms with Crippen LogP contribution < -0.4 is 22.3 Å². The van der Waals surface area contributed by atoms with Crippen LogP contribution in [0.4, 0.5) is 5.69 Å². The number of primary amides is 2. The van der Waals surface area contributed by atoms with Crippen LogP contribution in [-0.2, 0) is 11.3 Å². The first-order valence-electron chi connectivity index (χ1n) is 9.50. The van der Waals surface area contributed by atoms with Crippen LogP contribution in [-0.4, -0.2) is 27.3 Å². The summed E-state index contributed by atoms with van der Waals surface area (Å²) >= 11 is 7.27. The summed E-state index contributed by atoms with van der Waals surface area (Å²) in [5, 5.41) is 5.34. The maximum Gasteiger partial charge on any atom is 0.263 e. The van der Waals surface area contributed by atoms with Gasteiger partial charge in [-0.1, -0.05) is 23.7 Å². The minimum Gasteiger partial charge on any atom is -0.366 e. The van der Waals surface area contributed by atoms with E-state index in [1.807, 2.05) is 5.38 Å². The Balaban J connectivity index is 1.64. The molecule has 0 fully saturated rings. The van der Waals surface area contributed by atoms with Gasteiger partial charge >= 0.3 is 0 Å². The van der Waals surface area contributed by atoms with Crippen molar-refractivity contribution in [1.82, 2.24) is 9.55 Å². The minimum absolute atomic E-state index is 0.00716. The lowest BCUT2D eigenvalue weighted by molar-refractivity contribution is -0.116. The number of fused-ring (bicyclic) bond motifs is 1. The first-order chi connectivity index (χ1) is 15.7. The van der Waals surface area contributed by atoms with Gasteiger partial charge in [0.05, 0.1) is 11.7 Å². The Kier molecular flexibility index (Phi) is 5.95. The van der Waals surface area contributed by atoms with Crippen molar-refractivity contribution in [2.24, 2.45) is 11.5 Å². The lowest BCUT2D eigenvalue weighted by atomic mass is 10.1. The first-order valence-corrected chi connectivity index (χ1v) is 10.8. The molecule has 9 nitrogen and oxygen atoms in total. The van der Waals surface area contributed by atoms with Gasteiger partial charge in [0.1, 0.15) is 11.4 Å². The van der Waals surface area contributed by atoms with E-state index >= 15 is 0 Å². The lowest BCUT2D eigenvalue weighted by Crippen LogP contribution is -2.28. The molecule has 0 saturated heterocycles. The maximum absolute atomic E-state index is 13.1. The van der Waals surface area contributed by atoms with Gasteiger partial charge in [-0.05, 0) is 35.9 Å². The van der Waals surface area contributed by atoms with Crippen molar-refractivity contribution < 1.29 is 14.4 Å². The van der Waals surface area contributed by atoms with Gasteiger partial charge in [0.2, 0.25) is 17.7 Å². The number of aromatic nitrogens is 2. The van der Waals surface area contributed by atoms with E-state index in [2.05, 4.69) is 10.3 Å². The van der Waals surface area contributed by atoms with Gasteiger partial charge in [-0.2, -0.15) is 0 Å². The fourth-order valence-electron chi connectivity index (χ4n) is 3.26. The third kappa shape index (κ3) is 4.61. The Bertz CT molecular complexity index is 1440. The standard InChI is InChI=1S/C22H16ClN5O4S/c23-14-3-1-11(2-4-14)16-9-33-21-18(16)22(32)28(10-26-21)8-17(29)27-15-6-12(19(24)30)5-13(7-15)20(25)31/h1-7,9-10H,8H2,(H2,24,30)(H2,25,31)(H,27,29). The normalized spacial score (nSPS) is 10.8. The van der Waals surface area contributed by atoms with E-state index in [1.54, 1.807) is 24.3 Å². The number of benzene rings is 2. The fraction of sp³-hybridized carbons (Fsp3) is 0.0455. The molecular formula is C22H16ClN5O4S.